The molecule has 0 amide bonds. The highest BCUT2D eigenvalue weighted by molar-refractivity contribution is 7.99. The maximum atomic E-state index is 13.1. The van der Waals surface area contributed by atoms with Crippen LogP contribution in [0, 0.1) is 0 Å². The van der Waals surface area contributed by atoms with Crippen LogP contribution in [0.3, 0.4) is 0 Å². The standard InChI is InChI=1S/C20H27N3O2S/c24-19-17-8-2-3-9-18(17)21-20(23(19)15-16-7-6-13-25-16)26-14-12-22-10-4-1-5-11-22/h2-3,8-9,16H,1,4-7,10-15H2/p+1/t16-/m0/s1. The number of hydrogen-bond donors (Lipinski definition) is 1. The molecule has 5 nitrogen and oxygen atoms in total. The van der Waals surface area contributed by atoms with Crippen LogP contribution in [0.1, 0.15) is 32.1 Å². The highest BCUT2D eigenvalue weighted by atomic mass is 32.2. The number of benzene rings is 1. The molecule has 0 aliphatic carbocycles. The summed E-state index contributed by atoms with van der Waals surface area (Å²) in [7, 11) is 0. The highest BCUT2D eigenvalue weighted by Gasteiger charge is 2.21. The van der Waals surface area contributed by atoms with Gasteiger partial charge in [0, 0.05) is 6.61 Å². The summed E-state index contributed by atoms with van der Waals surface area (Å²) in [6.07, 6.45) is 6.32. The summed E-state index contributed by atoms with van der Waals surface area (Å²) in [6, 6.07) is 7.68. The van der Waals surface area contributed by atoms with Gasteiger partial charge in [-0.05, 0) is 44.2 Å². The summed E-state index contributed by atoms with van der Waals surface area (Å²) in [6.45, 7) is 5.15. The first kappa shape index (κ1) is 18.0. The third-order valence-electron chi connectivity index (χ3n) is 5.48. The molecule has 2 aliphatic rings. The molecular weight excluding hydrogens is 346 g/mol. The van der Waals surface area contributed by atoms with E-state index in [9.17, 15) is 4.79 Å². The number of nitrogens with one attached hydrogen (secondary N) is 1. The van der Waals surface area contributed by atoms with Crippen LogP contribution < -0.4 is 10.5 Å². The number of fused-ring (bicyclic) bond motifs is 1. The van der Waals surface area contributed by atoms with Gasteiger partial charge >= 0.3 is 0 Å². The molecule has 4 rings (SSSR count). The second kappa shape index (κ2) is 8.55. The molecule has 26 heavy (non-hydrogen) atoms. The predicted molar refractivity (Wildman–Crippen MR) is 105 cm³/mol. The van der Waals surface area contributed by atoms with Gasteiger partial charge in [-0.25, -0.2) is 4.98 Å². The molecule has 2 aromatic rings. The molecule has 140 valence electrons. The van der Waals surface area contributed by atoms with Crippen LogP contribution in [0.25, 0.3) is 10.9 Å². The fraction of sp³-hybridized carbons (Fsp3) is 0.600. The van der Waals surface area contributed by atoms with E-state index in [0.29, 0.717) is 11.9 Å². The SMILES string of the molecule is O=c1c2ccccc2nc(SCC[NH+]2CCCCC2)n1C[C@@H]1CCCO1. The predicted octanol–water partition coefficient (Wildman–Crippen LogP) is 1.74. The molecular formula is C20H28N3O2S+. The number of likely N-dealkylation sites (tertiary alicyclic amines) is 1. The van der Waals surface area contributed by atoms with Crippen molar-refractivity contribution in [2.45, 2.75) is 49.9 Å². The maximum absolute atomic E-state index is 13.1. The van der Waals surface area contributed by atoms with E-state index >= 15 is 0 Å². The number of ether oxygens (including phenoxy) is 1. The van der Waals surface area contributed by atoms with E-state index in [1.165, 1.54) is 32.4 Å². The van der Waals surface area contributed by atoms with Crippen LogP contribution in [0.4, 0.5) is 0 Å². The average molecular weight is 375 g/mol. The van der Waals surface area contributed by atoms with Gasteiger partial charge in [0.15, 0.2) is 5.16 Å². The van der Waals surface area contributed by atoms with Crippen LogP contribution >= 0.6 is 11.8 Å². The van der Waals surface area contributed by atoms with Crippen LogP contribution in [0.15, 0.2) is 34.2 Å². The second-order valence-electron chi connectivity index (χ2n) is 7.37. The third-order valence-corrected chi connectivity index (χ3v) is 6.46. The fourth-order valence-corrected chi connectivity index (χ4v) is 5.05. The fourth-order valence-electron chi connectivity index (χ4n) is 4.00. The normalized spacial score (nSPS) is 21.5. The minimum Gasteiger partial charge on any atom is -0.376 e. The van der Waals surface area contributed by atoms with E-state index in [-0.39, 0.29) is 11.7 Å². The molecule has 0 spiro atoms. The van der Waals surface area contributed by atoms with Crippen molar-refractivity contribution in [2.24, 2.45) is 0 Å². The average Bonchev–Trinajstić information content (AvgIpc) is 3.19. The van der Waals surface area contributed by atoms with E-state index in [0.717, 1.165) is 42.4 Å². The zero-order valence-electron chi connectivity index (χ0n) is 15.3. The topological polar surface area (TPSA) is 48.6 Å². The molecule has 0 unspecified atom stereocenters. The minimum atomic E-state index is 0.0684. The molecule has 3 heterocycles. The van der Waals surface area contributed by atoms with Gasteiger partial charge in [-0.15, -0.1) is 0 Å². The Morgan fingerprint density at radius 1 is 1.19 bits per heavy atom. The number of hydrogen-bond acceptors (Lipinski definition) is 4. The molecule has 2 fully saturated rings. The highest BCUT2D eigenvalue weighted by Crippen LogP contribution is 2.20. The summed E-state index contributed by atoms with van der Waals surface area (Å²) in [4.78, 5) is 19.6. The molecule has 0 bridgehead atoms. The van der Waals surface area contributed by atoms with E-state index < -0.39 is 0 Å². The smallest absolute Gasteiger partial charge is 0.262 e. The number of para-hydroxylation sites is 1. The number of aromatic nitrogens is 2. The van der Waals surface area contributed by atoms with E-state index in [1.807, 2.05) is 28.8 Å². The van der Waals surface area contributed by atoms with Gasteiger partial charge < -0.3 is 9.64 Å². The summed E-state index contributed by atoms with van der Waals surface area (Å²) in [5, 5.41) is 1.55. The van der Waals surface area contributed by atoms with Gasteiger partial charge in [0.05, 0.1) is 48.9 Å². The number of rotatable bonds is 6. The Morgan fingerprint density at radius 2 is 2.04 bits per heavy atom. The first-order valence-electron chi connectivity index (χ1n) is 9.89. The van der Waals surface area contributed by atoms with Gasteiger partial charge in [-0.2, -0.15) is 0 Å². The number of nitrogens with zero attached hydrogens (tertiary/aromatic N) is 2. The first-order chi connectivity index (χ1) is 12.8. The Balaban J connectivity index is 1.55. The van der Waals surface area contributed by atoms with Crippen molar-refractivity contribution in [1.29, 1.82) is 0 Å². The van der Waals surface area contributed by atoms with Crippen molar-refractivity contribution in [1.82, 2.24) is 9.55 Å². The molecule has 1 atom stereocenters. The molecule has 6 heteroatoms. The van der Waals surface area contributed by atoms with Crippen molar-refractivity contribution in [2.75, 3.05) is 32.0 Å². The number of piperidine rings is 1. The minimum absolute atomic E-state index is 0.0684. The molecule has 0 saturated carbocycles. The Hall–Kier alpha value is -1.37. The monoisotopic (exact) mass is 374 g/mol. The lowest BCUT2D eigenvalue weighted by atomic mass is 10.1. The van der Waals surface area contributed by atoms with Crippen LogP contribution in [-0.2, 0) is 11.3 Å². The van der Waals surface area contributed by atoms with Crippen molar-refractivity contribution < 1.29 is 9.64 Å². The van der Waals surface area contributed by atoms with Crippen LogP contribution in [0.2, 0.25) is 0 Å². The largest absolute Gasteiger partial charge is 0.376 e. The lowest BCUT2D eigenvalue weighted by Crippen LogP contribution is -3.13. The summed E-state index contributed by atoms with van der Waals surface area (Å²) >= 11 is 1.73. The Kier molecular flexibility index (Phi) is 5.92. The first-order valence-corrected chi connectivity index (χ1v) is 10.9. The van der Waals surface area contributed by atoms with Crippen molar-refractivity contribution in [3.8, 4) is 0 Å². The Labute approximate surface area is 158 Å². The van der Waals surface area contributed by atoms with Crippen LogP contribution in [-0.4, -0.2) is 47.6 Å². The summed E-state index contributed by atoms with van der Waals surface area (Å²) < 4.78 is 7.63. The molecule has 1 N–H and O–H groups in total. The Bertz CT molecular complexity index is 795. The Morgan fingerprint density at radius 3 is 2.85 bits per heavy atom. The second-order valence-corrected chi connectivity index (χ2v) is 8.43. The third kappa shape index (κ3) is 4.13. The van der Waals surface area contributed by atoms with Crippen molar-refractivity contribution in [3.05, 3.63) is 34.6 Å². The van der Waals surface area contributed by atoms with Gasteiger partial charge in [-0.1, -0.05) is 23.9 Å². The summed E-state index contributed by atoms with van der Waals surface area (Å²) in [5.74, 6) is 1.01. The van der Waals surface area contributed by atoms with Crippen molar-refractivity contribution in [3.63, 3.8) is 0 Å². The van der Waals surface area contributed by atoms with Crippen LogP contribution in [0.5, 0.6) is 0 Å². The van der Waals surface area contributed by atoms with Crippen molar-refractivity contribution >= 4 is 22.7 Å². The maximum Gasteiger partial charge on any atom is 0.262 e. The van der Waals surface area contributed by atoms with Gasteiger partial charge in [0.1, 0.15) is 0 Å². The van der Waals surface area contributed by atoms with Gasteiger partial charge in [0.25, 0.3) is 5.56 Å². The lowest BCUT2D eigenvalue weighted by Gasteiger charge is -2.23. The van der Waals surface area contributed by atoms with E-state index in [4.69, 9.17) is 9.72 Å². The van der Waals surface area contributed by atoms with Gasteiger partial charge in [0.2, 0.25) is 0 Å². The zero-order valence-corrected chi connectivity index (χ0v) is 16.1. The summed E-state index contributed by atoms with van der Waals surface area (Å²) in [5.41, 5.74) is 0.868. The molecule has 1 aromatic heterocycles. The van der Waals surface area contributed by atoms with E-state index in [1.54, 1.807) is 16.7 Å². The number of quaternary nitrogens is 1. The van der Waals surface area contributed by atoms with E-state index in [2.05, 4.69) is 0 Å². The zero-order chi connectivity index (χ0) is 17.8. The number of thioether (sulfide) groups is 1. The molecule has 0 radical (unpaired) electrons. The molecule has 1 aromatic carbocycles. The lowest BCUT2D eigenvalue weighted by molar-refractivity contribution is -0.902. The molecule has 2 aliphatic heterocycles. The van der Waals surface area contributed by atoms with Gasteiger partial charge in [-0.3, -0.25) is 9.36 Å². The quantitative estimate of drug-likeness (QED) is 0.618. The molecule has 2 saturated heterocycles.